The van der Waals surface area contributed by atoms with Crippen LogP contribution in [0.25, 0.3) is 11.3 Å². The normalized spacial score (nSPS) is 10.4. The van der Waals surface area contributed by atoms with Gasteiger partial charge in [0.15, 0.2) is 0 Å². The second-order valence-electron chi connectivity index (χ2n) is 4.56. The van der Waals surface area contributed by atoms with Gasteiger partial charge in [-0.25, -0.2) is 4.79 Å². The van der Waals surface area contributed by atoms with Crippen molar-refractivity contribution >= 4 is 5.97 Å². The van der Waals surface area contributed by atoms with E-state index in [1.807, 2.05) is 38.1 Å². The Kier molecular flexibility index (Phi) is 3.95. The fraction of sp³-hybridized carbons (Fsp3) is 0.250. The third-order valence-corrected chi connectivity index (χ3v) is 3.11. The van der Waals surface area contributed by atoms with E-state index in [0.717, 1.165) is 23.2 Å². The first-order valence-electron chi connectivity index (χ1n) is 6.42. The van der Waals surface area contributed by atoms with Crippen LogP contribution in [0.3, 0.4) is 0 Å². The van der Waals surface area contributed by atoms with Gasteiger partial charge < -0.3 is 5.11 Å². The van der Waals surface area contributed by atoms with Crippen LogP contribution in [0.2, 0.25) is 0 Å². The van der Waals surface area contributed by atoms with E-state index < -0.39 is 5.97 Å². The molecule has 0 saturated carbocycles. The Morgan fingerprint density at radius 3 is 2.58 bits per heavy atom. The van der Waals surface area contributed by atoms with E-state index in [2.05, 4.69) is 4.98 Å². The Morgan fingerprint density at radius 2 is 1.95 bits per heavy atom. The van der Waals surface area contributed by atoms with Gasteiger partial charge in [0.05, 0.1) is 17.0 Å². The molecule has 0 radical (unpaired) electrons. The maximum absolute atomic E-state index is 11.2. The Balaban J connectivity index is 2.52. The molecule has 98 valence electrons. The standard InChI is InChI=1S/C16H17NO2/c1-3-6-14-13(16(18)19)9-10-15(17-14)12-8-5-4-7-11(12)2/h4-5,7-10H,3,6H2,1-2H3,(H,18,19). The number of aromatic nitrogens is 1. The number of rotatable bonds is 4. The molecule has 0 aliphatic heterocycles. The monoisotopic (exact) mass is 255 g/mol. The Labute approximate surface area is 112 Å². The maximum atomic E-state index is 11.2. The minimum absolute atomic E-state index is 0.305. The van der Waals surface area contributed by atoms with Crippen molar-refractivity contribution in [1.82, 2.24) is 4.98 Å². The zero-order chi connectivity index (χ0) is 13.8. The van der Waals surface area contributed by atoms with E-state index in [1.54, 1.807) is 12.1 Å². The number of carboxylic acids is 1. The quantitative estimate of drug-likeness (QED) is 0.906. The van der Waals surface area contributed by atoms with Crippen LogP contribution < -0.4 is 0 Å². The van der Waals surface area contributed by atoms with E-state index in [4.69, 9.17) is 5.11 Å². The van der Waals surface area contributed by atoms with Gasteiger partial charge in [-0.1, -0.05) is 37.6 Å². The molecule has 2 rings (SSSR count). The third-order valence-electron chi connectivity index (χ3n) is 3.11. The molecule has 0 spiro atoms. The van der Waals surface area contributed by atoms with Crippen LogP contribution in [0.4, 0.5) is 0 Å². The fourth-order valence-electron chi connectivity index (χ4n) is 2.13. The lowest BCUT2D eigenvalue weighted by Crippen LogP contribution is -2.05. The van der Waals surface area contributed by atoms with Gasteiger partial charge in [-0.15, -0.1) is 0 Å². The molecule has 0 saturated heterocycles. The first-order chi connectivity index (χ1) is 9.13. The van der Waals surface area contributed by atoms with Crippen LogP contribution in [-0.4, -0.2) is 16.1 Å². The molecule has 0 aliphatic carbocycles. The van der Waals surface area contributed by atoms with Gasteiger partial charge in [-0.2, -0.15) is 0 Å². The molecule has 3 nitrogen and oxygen atoms in total. The minimum Gasteiger partial charge on any atom is -0.478 e. The number of nitrogens with zero attached hydrogens (tertiary/aromatic N) is 1. The number of aromatic carboxylic acids is 1. The lowest BCUT2D eigenvalue weighted by atomic mass is 10.0. The van der Waals surface area contributed by atoms with Crippen molar-refractivity contribution in [3.63, 3.8) is 0 Å². The zero-order valence-corrected chi connectivity index (χ0v) is 11.2. The highest BCUT2D eigenvalue weighted by Gasteiger charge is 2.13. The minimum atomic E-state index is -0.910. The Hall–Kier alpha value is -2.16. The van der Waals surface area contributed by atoms with Crippen molar-refractivity contribution in [2.24, 2.45) is 0 Å². The highest BCUT2D eigenvalue weighted by atomic mass is 16.4. The molecule has 1 aromatic heterocycles. The van der Waals surface area contributed by atoms with Crippen molar-refractivity contribution in [3.8, 4) is 11.3 Å². The number of carbonyl (C=O) groups is 1. The molecule has 3 heteroatoms. The maximum Gasteiger partial charge on any atom is 0.337 e. The molecule has 1 aromatic carbocycles. The van der Waals surface area contributed by atoms with E-state index >= 15 is 0 Å². The summed E-state index contributed by atoms with van der Waals surface area (Å²) >= 11 is 0. The Morgan fingerprint density at radius 1 is 1.21 bits per heavy atom. The summed E-state index contributed by atoms with van der Waals surface area (Å²) in [6, 6.07) is 11.4. The van der Waals surface area contributed by atoms with Gasteiger partial charge in [0.2, 0.25) is 0 Å². The molecule has 1 N–H and O–H groups in total. The van der Waals surface area contributed by atoms with Crippen molar-refractivity contribution in [2.45, 2.75) is 26.7 Å². The smallest absolute Gasteiger partial charge is 0.337 e. The third kappa shape index (κ3) is 2.81. The van der Waals surface area contributed by atoms with Crippen LogP contribution in [-0.2, 0) is 6.42 Å². The highest BCUT2D eigenvalue weighted by molar-refractivity contribution is 5.89. The van der Waals surface area contributed by atoms with E-state index in [1.165, 1.54) is 0 Å². The van der Waals surface area contributed by atoms with E-state index in [9.17, 15) is 4.79 Å². The molecule has 0 amide bonds. The molecule has 0 fully saturated rings. The number of pyridine rings is 1. The molecule has 0 bridgehead atoms. The van der Waals surface area contributed by atoms with Crippen LogP contribution in [0.15, 0.2) is 36.4 Å². The van der Waals surface area contributed by atoms with Crippen LogP contribution in [0.5, 0.6) is 0 Å². The van der Waals surface area contributed by atoms with Gasteiger partial charge in [0, 0.05) is 5.56 Å². The number of aryl methyl sites for hydroxylation is 2. The number of hydrogen-bond acceptors (Lipinski definition) is 2. The van der Waals surface area contributed by atoms with Gasteiger partial charge in [0.25, 0.3) is 0 Å². The summed E-state index contributed by atoms with van der Waals surface area (Å²) in [6.45, 7) is 4.05. The second kappa shape index (κ2) is 5.65. The second-order valence-corrected chi connectivity index (χ2v) is 4.56. The summed E-state index contributed by atoms with van der Waals surface area (Å²) in [6.07, 6.45) is 1.56. The average Bonchev–Trinajstić information content (AvgIpc) is 2.39. The summed E-state index contributed by atoms with van der Waals surface area (Å²) in [7, 11) is 0. The number of carboxylic acid groups (broad SMARTS) is 1. The predicted molar refractivity (Wildman–Crippen MR) is 75.4 cm³/mol. The van der Waals surface area contributed by atoms with Gasteiger partial charge >= 0.3 is 5.97 Å². The summed E-state index contributed by atoms with van der Waals surface area (Å²) in [4.78, 5) is 15.7. The number of hydrogen-bond donors (Lipinski definition) is 1. The summed E-state index contributed by atoms with van der Waals surface area (Å²) in [5.74, 6) is -0.910. The van der Waals surface area contributed by atoms with Gasteiger partial charge in [-0.3, -0.25) is 4.98 Å². The molecule has 2 aromatic rings. The summed E-state index contributed by atoms with van der Waals surface area (Å²) < 4.78 is 0. The molecule has 1 heterocycles. The largest absolute Gasteiger partial charge is 0.478 e. The highest BCUT2D eigenvalue weighted by Crippen LogP contribution is 2.23. The zero-order valence-electron chi connectivity index (χ0n) is 11.2. The topological polar surface area (TPSA) is 50.2 Å². The summed E-state index contributed by atoms with van der Waals surface area (Å²) in [5, 5.41) is 9.17. The molecule has 0 aliphatic rings. The molecule has 0 unspecified atom stereocenters. The van der Waals surface area contributed by atoms with Crippen molar-refractivity contribution < 1.29 is 9.90 Å². The first-order valence-corrected chi connectivity index (χ1v) is 6.42. The van der Waals surface area contributed by atoms with Crippen LogP contribution in [0.1, 0.15) is 35.0 Å². The van der Waals surface area contributed by atoms with Crippen molar-refractivity contribution in [3.05, 3.63) is 53.2 Å². The van der Waals surface area contributed by atoms with Crippen molar-refractivity contribution in [1.29, 1.82) is 0 Å². The van der Waals surface area contributed by atoms with E-state index in [-0.39, 0.29) is 0 Å². The molecular formula is C16H17NO2. The lowest BCUT2D eigenvalue weighted by Gasteiger charge is -2.09. The summed E-state index contributed by atoms with van der Waals surface area (Å²) in [5.41, 5.74) is 4.00. The van der Waals surface area contributed by atoms with Crippen LogP contribution >= 0.6 is 0 Å². The molecular weight excluding hydrogens is 238 g/mol. The van der Waals surface area contributed by atoms with Gasteiger partial charge in [-0.05, 0) is 31.0 Å². The predicted octanol–water partition coefficient (Wildman–Crippen LogP) is 3.71. The lowest BCUT2D eigenvalue weighted by molar-refractivity contribution is 0.0695. The molecule has 19 heavy (non-hydrogen) atoms. The number of benzene rings is 1. The van der Waals surface area contributed by atoms with Crippen molar-refractivity contribution in [2.75, 3.05) is 0 Å². The van der Waals surface area contributed by atoms with Gasteiger partial charge in [0.1, 0.15) is 0 Å². The average molecular weight is 255 g/mol. The van der Waals surface area contributed by atoms with E-state index in [0.29, 0.717) is 17.7 Å². The Bertz CT molecular complexity index is 605. The molecule has 0 atom stereocenters. The first kappa shape index (κ1) is 13.3. The SMILES string of the molecule is CCCc1nc(-c2ccccc2C)ccc1C(=O)O. The van der Waals surface area contributed by atoms with Crippen LogP contribution in [0, 0.1) is 6.92 Å². The fourth-order valence-corrected chi connectivity index (χ4v) is 2.13.